The summed E-state index contributed by atoms with van der Waals surface area (Å²) in [5.74, 6) is -0.00871. The fraction of sp³-hybridized carbons (Fsp3) is 0.286. The minimum absolute atomic E-state index is 0.0562. The van der Waals surface area contributed by atoms with Crippen molar-refractivity contribution in [2.24, 2.45) is 4.99 Å². The Balaban J connectivity index is 2.64. The molecule has 0 fully saturated rings. The van der Waals surface area contributed by atoms with E-state index in [1.165, 1.54) is 18.3 Å². The van der Waals surface area contributed by atoms with Gasteiger partial charge in [-0.05, 0) is 6.07 Å². The van der Waals surface area contributed by atoms with Gasteiger partial charge in [0.25, 0.3) is 0 Å². The lowest BCUT2D eigenvalue weighted by molar-refractivity contribution is -0.402. The monoisotopic (exact) mass is 184 g/mol. The van der Waals surface area contributed by atoms with E-state index in [2.05, 4.69) is 4.99 Å². The zero-order valence-corrected chi connectivity index (χ0v) is 6.71. The molecule has 1 N–H and O–H groups in total. The van der Waals surface area contributed by atoms with E-state index in [9.17, 15) is 10.1 Å². The third kappa shape index (κ3) is 2.68. The van der Waals surface area contributed by atoms with Crippen LogP contribution < -0.4 is 0 Å². The summed E-state index contributed by atoms with van der Waals surface area (Å²) >= 11 is 0. The van der Waals surface area contributed by atoms with Gasteiger partial charge in [-0.25, -0.2) is 0 Å². The third-order valence-electron chi connectivity index (χ3n) is 1.24. The molecule has 6 heteroatoms. The van der Waals surface area contributed by atoms with Crippen LogP contribution in [0.25, 0.3) is 0 Å². The van der Waals surface area contributed by atoms with Gasteiger partial charge in [-0.3, -0.25) is 15.1 Å². The van der Waals surface area contributed by atoms with E-state index < -0.39 is 4.92 Å². The van der Waals surface area contributed by atoms with Crippen LogP contribution in [0.3, 0.4) is 0 Å². The van der Waals surface area contributed by atoms with Crippen molar-refractivity contribution < 1.29 is 14.4 Å². The zero-order chi connectivity index (χ0) is 9.68. The van der Waals surface area contributed by atoms with Crippen molar-refractivity contribution in [2.75, 3.05) is 13.2 Å². The van der Waals surface area contributed by atoms with Crippen LogP contribution in [0.4, 0.5) is 5.88 Å². The maximum absolute atomic E-state index is 10.2. The standard InChI is InChI=1S/C7H8N2O4/c10-4-3-8-5-6-1-2-7(13-6)9(11)12/h1-2,5,10H,3-4H2. The van der Waals surface area contributed by atoms with Crippen molar-refractivity contribution in [3.8, 4) is 0 Å². The van der Waals surface area contributed by atoms with Crippen LogP contribution >= 0.6 is 0 Å². The summed E-state index contributed by atoms with van der Waals surface area (Å²) in [5.41, 5.74) is 0. The number of rotatable bonds is 4. The second kappa shape index (κ2) is 4.36. The molecule has 0 unspecified atom stereocenters. The molecule has 0 bridgehead atoms. The molecular weight excluding hydrogens is 176 g/mol. The zero-order valence-electron chi connectivity index (χ0n) is 6.71. The second-order valence-electron chi connectivity index (χ2n) is 2.19. The number of aliphatic imine (C=N–C) groups is 1. The summed E-state index contributed by atoms with van der Waals surface area (Å²) in [6.45, 7) is 0.202. The van der Waals surface area contributed by atoms with Gasteiger partial charge in [0.1, 0.15) is 4.92 Å². The van der Waals surface area contributed by atoms with Gasteiger partial charge in [-0.15, -0.1) is 0 Å². The van der Waals surface area contributed by atoms with E-state index in [0.29, 0.717) is 5.76 Å². The van der Waals surface area contributed by atoms with Crippen molar-refractivity contribution in [1.29, 1.82) is 0 Å². The lowest BCUT2D eigenvalue weighted by Crippen LogP contribution is -1.88. The highest BCUT2D eigenvalue weighted by Crippen LogP contribution is 2.13. The largest absolute Gasteiger partial charge is 0.433 e. The maximum Gasteiger partial charge on any atom is 0.433 e. The Morgan fingerprint density at radius 3 is 3.00 bits per heavy atom. The summed E-state index contributed by atoms with van der Waals surface area (Å²) in [6, 6.07) is 2.69. The van der Waals surface area contributed by atoms with Crippen molar-refractivity contribution in [2.45, 2.75) is 0 Å². The molecule has 0 aliphatic heterocycles. The van der Waals surface area contributed by atoms with Crippen molar-refractivity contribution in [3.63, 3.8) is 0 Å². The summed E-state index contributed by atoms with van der Waals surface area (Å²) in [5, 5.41) is 18.6. The fourth-order valence-corrected chi connectivity index (χ4v) is 0.722. The number of furan rings is 1. The molecule has 0 aliphatic carbocycles. The van der Waals surface area contributed by atoms with Gasteiger partial charge in [0, 0.05) is 0 Å². The van der Waals surface area contributed by atoms with E-state index in [-0.39, 0.29) is 19.0 Å². The summed E-state index contributed by atoms with van der Waals surface area (Å²) in [4.78, 5) is 13.3. The molecular formula is C7H8N2O4. The van der Waals surface area contributed by atoms with Crippen LogP contribution in [-0.2, 0) is 0 Å². The number of nitro groups is 1. The minimum Gasteiger partial charge on any atom is -0.400 e. The van der Waals surface area contributed by atoms with Crippen LogP contribution in [0.1, 0.15) is 5.76 Å². The molecule has 0 aliphatic rings. The quantitative estimate of drug-likeness (QED) is 0.421. The molecule has 0 spiro atoms. The van der Waals surface area contributed by atoms with Gasteiger partial charge in [0.05, 0.1) is 25.4 Å². The van der Waals surface area contributed by atoms with Crippen molar-refractivity contribution in [3.05, 3.63) is 28.0 Å². The molecule has 0 saturated heterocycles. The molecule has 0 amide bonds. The third-order valence-corrected chi connectivity index (χ3v) is 1.24. The Bertz CT molecular complexity index is 318. The number of hydrogen-bond donors (Lipinski definition) is 1. The molecule has 6 nitrogen and oxygen atoms in total. The molecule has 0 atom stereocenters. The average molecular weight is 184 g/mol. The first-order valence-electron chi connectivity index (χ1n) is 3.59. The molecule has 0 radical (unpaired) electrons. The number of aliphatic hydroxyl groups excluding tert-OH is 1. The first-order chi connectivity index (χ1) is 6.24. The highest BCUT2D eigenvalue weighted by molar-refractivity contribution is 5.76. The van der Waals surface area contributed by atoms with Gasteiger partial charge in [-0.2, -0.15) is 0 Å². The average Bonchev–Trinajstić information content (AvgIpc) is 2.53. The molecule has 1 rings (SSSR count). The van der Waals surface area contributed by atoms with E-state index in [1.54, 1.807) is 0 Å². The van der Waals surface area contributed by atoms with E-state index in [1.807, 2.05) is 0 Å². The van der Waals surface area contributed by atoms with Crippen molar-refractivity contribution in [1.82, 2.24) is 0 Å². The molecule has 13 heavy (non-hydrogen) atoms. The summed E-state index contributed by atoms with van der Waals surface area (Å²) < 4.78 is 4.76. The molecule has 1 aromatic rings. The highest BCUT2D eigenvalue weighted by Gasteiger charge is 2.09. The lowest BCUT2D eigenvalue weighted by atomic mass is 10.5. The Kier molecular flexibility index (Phi) is 3.15. The van der Waals surface area contributed by atoms with E-state index in [0.717, 1.165) is 0 Å². The second-order valence-corrected chi connectivity index (χ2v) is 2.19. The summed E-state index contributed by atoms with van der Waals surface area (Å²) in [7, 11) is 0. The topological polar surface area (TPSA) is 88.9 Å². The van der Waals surface area contributed by atoms with Crippen LogP contribution in [-0.4, -0.2) is 29.4 Å². The predicted molar refractivity (Wildman–Crippen MR) is 44.9 cm³/mol. The van der Waals surface area contributed by atoms with E-state index in [4.69, 9.17) is 9.52 Å². The van der Waals surface area contributed by atoms with Gasteiger partial charge in [0.15, 0.2) is 5.76 Å². The first kappa shape index (κ1) is 9.40. The maximum atomic E-state index is 10.2. The number of nitrogens with zero attached hydrogens (tertiary/aromatic N) is 2. The SMILES string of the molecule is O=[N+]([O-])c1ccc(C=NCCO)o1. The van der Waals surface area contributed by atoms with Crippen LogP contribution in [0.5, 0.6) is 0 Å². The van der Waals surface area contributed by atoms with Gasteiger partial charge in [-0.1, -0.05) is 0 Å². The van der Waals surface area contributed by atoms with Crippen LogP contribution in [0, 0.1) is 10.1 Å². The van der Waals surface area contributed by atoms with Gasteiger partial charge >= 0.3 is 5.88 Å². The fourth-order valence-electron chi connectivity index (χ4n) is 0.722. The molecule has 1 heterocycles. The van der Waals surface area contributed by atoms with E-state index >= 15 is 0 Å². The van der Waals surface area contributed by atoms with Crippen LogP contribution in [0.2, 0.25) is 0 Å². The smallest absolute Gasteiger partial charge is 0.400 e. The highest BCUT2D eigenvalue weighted by atomic mass is 16.6. The molecule has 0 saturated carbocycles. The minimum atomic E-state index is -0.622. The van der Waals surface area contributed by atoms with Crippen molar-refractivity contribution >= 4 is 12.1 Å². The summed E-state index contributed by atoms with van der Waals surface area (Å²) in [6.07, 6.45) is 1.34. The Hall–Kier alpha value is -1.69. The Labute approximate surface area is 73.7 Å². The molecule has 70 valence electrons. The van der Waals surface area contributed by atoms with Crippen LogP contribution in [0.15, 0.2) is 21.5 Å². The normalized spacial score (nSPS) is 10.8. The molecule has 1 aromatic heterocycles. The predicted octanol–water partition coefficient (Wildman–Crippen LogP) is 0.599. The Morgan fingerprint density at radius 2 is 2.46 bits per heavy atom. The number of aliphatic hydroxyl groups is 1. The lowest BCUT2D eigenvalue weighted by Gasteiger charge is -1.84. The first-order valence-corrected chi connectivity index (χ1v) is 3.59. The Morgan fingerprint density at radius 1 is 1.69 bits per heavy atom. The molecule has 0 aromatic carbocycles. The number of hydrogen-bond acceptors (Lipinski definition) is 5. The van der Waals surface area contributed by atoms with Gasteiger partial charge < -0.3 is 9.52 Å². The van der Waals surface area contributed by atoms with Gasteiger partial charge in [0.2, 0.25) is 0 Å².